The number of halogens is 2. The van der Waals surface area contributed by atoms with Crippen LogP contribution in [0.2, 0.25) is 5.02 Å². The monoisotopic (exact) mass is 407 g/mol. The third kappa shape index (κ3) is 2.72. The van der Waals surface area contributed by atoms with Gasteiger partial charge in [-0.25, -0.2) is 9.36 Å². The number of carbonyl (C=O) groups excluding carboxylic acids is 2. The highest BCUT2D eigenvalue weighted by Gasteiger charge is 2.26. The first-order valence-corrected chi connectivity index (χ1v) is 7.96. The molecular weight excluding hydrogens is 398 g/mol. The molecule has 24 heavy (non-hydrogen) atoms. The lowest BCUT2D eigenvalue weighted by Crippen LogP contribution is -2.19. The molecule has 0 aliphatic rings. The third-order valence-electron chi connectivity index (χ3n) is 3.46. The largest absolute Gasteiger partial charge is 0.494 e. The third-order valence-corrected chi connectivity index (χ3v) is 4.30. The van der Waals surface area contributed by atoms with Crippen molar-refractivity contribution in [3.63, 3.8) is 0 Å². The first kappa shape index (κ1) is 16.4. The molecule has 0 bridgehead atoms. The average Bonchev–Trinajstić information content (AvgIpc) is 2.83. The summed E-state index contributed by atoms with van der Waals surface area (Å²) in [5, 5.41) is 13.5. The second kappa shape index (κ2) is 6.18. The van der Waals surface area contributed by atoms with Crippen LogP contribution in [0, 0.1) is 0 Å². The van der Waals surface area contributed by atoms with Crippen LogP contribution < -0.4 is 11.1 Å². The van der Waals surface area contributed by atoms with E-state index in [0.717, 1.165) is 9.04 Å². The highest BCUT2D eigenvalue weighted by atomic mass is 79.9. The van der Waals surface area contributed by atoms with E-state index in [1.165, 1.54) is 0 Å². The standard InChI is InChI=1S/C16H11BrClN3O3/c17-8-4-6-9(7-5-8)20-14(22)12-10-2-1-3-11(18)13(10)21(15(12)23)16(19)24/h1-7,23H,(H2,19,24)(H,20,22). The summed E-state index contributed by atoms with van der Waals surface area (Å²) in [7, 11) is 0. The van der Waals surface area contributed by atoms with Gasteiger partial charge in [-0.15, -0.1) is 0 Å². The van der Waals surface area contributed by atoms with Crippen molar-refractivity contribution >= 4 is 56.1 Å². The molecule has 2 amide bonds. The van der Waals surface area contributed by atoms with Gasteiger partial charge in [0.1, 0.15) is 5.56 Å². The van der Waals surface area contributed by atoms with Gasteiger partial charge < -0.3 is 16.2 Å². The maximum Gasteiger partial charge on any atom is 0.326 e. The number of para-hydroxylation sites is 1. The Morgan fingerprint density at radius 2 is 1.83 bits per heavy atom. The second-order valence-corrected chi connectivity index (χ2v) is 6.29. The summed E-state index contributed by atoms with van der Waals surface area (Å²) in [6, 6.07) is 10.7. The van der Waals surface area contributed by atoms with Crippen LogP contribution in [0.5, 0.6) is 5.88 Å². The molecule has 0 aliphatic carbocycles. The highest BCUT2D eigenvalue weighted by Crippen LogP contribution is 2.35. The van der Waals surface area contributed by atoms with Gasteiger partial charge in [-0.1, -0.05) is 39.7 Å². The molecule has 1 aromatic heterocycles. The zero-order valence-corrected chi connectivity index (χ0v) is 14.4. The lowest BCUT2D eigenvalue weighted by Gasteiger charge is -2.05. The molecule has 3 rings (SSSR count). The van der Waals surface area contributed by atoms with E-state index >= 15 is 0 Å². The van der Waals surface area contributed by atoms with E-state index in [4.69, 9.17) is 17.3 Å². The molecule has 0 radical (unpaired) electrons. The van der Waals surface area contributed by atoms with Crippen LogP contribution in [0.4, 0.5) is 10.5 Å². The number of fused-ring (bicyclic) bond motifs is 1. The van der Waals surface area contributed by atoms with E-state index < -0.39 is 17.8 Å². The Labute approximate surface area is 149 Å². The van der Waals surface area contributed by atoms with Gasteiger partial charge in [0.2, 0.25) is 5.88 Å². The molecule has 3 aromatic rings. The van der Waals surface area contributed by atoms with Gasteiger partial charge in [-0.2, -0.15) is 0 Å². The van der Waals surface area contributed by atoms with Crippen molar-refractivity contribution in [2.24, 2.45) is 5.73 Å². The minimum atomic E-state index is -0.937. The molecule has 0 fully saturated rings. The number of rotatable bonds is 2. The number of aromatic nitrogens is 1. The molecule has 0 saturated carbocycles. The number of carbonyl (C=O) groups is 2. The van der Waals surface area contributed by atoms with Crippen molar-refractivity contribution in [3.05, 3.63) is 57.5 Å². The van der Waals surface area contributed by atoms with E-state index in [0.29, 0.717) is 11.1 Å². The number of anilines is 1. The second-order valence-electron chi connectivity index (χ2n) is 4.97. The molecule has 1 heterocycles. The summed E-state index contributed by atoms with van der Waals surface area (Å²) in [5.74, 6) is -1.14. The Hall–Kier alpha value is -2.51. The first-order valence-electron chi connectivity index (χ1n) is 6.78. The fourth-order valence-corrected chi connectivity index (χ4v) is 2.97. The number of nitrogens with zero attached hydrogens (tertiary/aromatic N) is 1. The number of nitrogens with one attached hydrogen (secondary N) is 1. The SMILES string of the molecule is NC(=O)n1c(O)c(C(=O)Nc2ccc(Br)cc2)c2cccc(Cl)c21. The molecule has 0 unspecified atom stereocenters. The fraction of sp³-hybridized carbons (Fsp3) is 0. The molecule has 122 valence electrons. The average molecular weight is 409 g/mol. The quantitative estimate of drug-likeness (QED) is 0.599. The van der Waals surface area contributed by atoms with Gasteiger partial charge in [0.05, 0.1) is 10.5 Å². The maximum atomic E-state index is 12.6. The smallest absolute Gasteiger partial charge is 0.326 e. The summed E-state index contributed by atoms with van der Waals surface area (Å²) < 4.78 is 1.68. The van der Waals surface area contributed by atoms with Gasteiger partial charge >= 0.3 is 6.03 Å². The van der Waals surface area contributed by atoms with Crippen molar-refractivity contribution in [1.29, 1.82) is 0 Å². The lowest BCUT2D eigenvalue weighted by atomic mass is 10.1. The van der Waals surface area contributed by atoms with Crippen LogP contribution in [0.1, 0.15) is 10.4 Å². The number of amides is 2. The predicted octanol–water partition coefficient (Wildman–Crippen LogP) is 3.94. The minimum absolute atomic E-state index is 0.0748. The van der Waals surface area contributed by atoms with E-state index in [-0.39, 0.29) is 16.1 Å². The molecular formula is C16H11BrClN3O3. The molecule has 2 aromatic carbocycles. The van der Waals surface area contributed by atoms with Crippen LogP contribution in [-0.4, -0.2) is 21.6 Å². The van der Waals surface area contributed by atoms with Crippen molar-refractivity contribution < 1.29 is 14.7 Å². The van der Waals surface area contributed by atoms with Crippen LogP contribution in [-0.2, 0) is 0 Å². The number of primary amides is 1. The zero-order valence-electron chi connectivity index (χ0n) is 12.1. The van der Waals surface area contributed by atoms with E-state index in [2.05, 4.69) is 21.2 Å². The summed E-state index contributed by atoms with van der Waals surface area (Å²) in [4.78, 5) is 24.2. The first-order chi connectivity index (χ1) is 11.4. The lowest BCUT2D eigenvalue weighted by molar-refractivity contribution is 0.102. The van der Waals surface area contributed by atoms with Gasteiger partial charge in [-0.05, 0) is 30.3 Å². The summed E-state index contributed by atoms with van der Waals surface area (Å²) in [6.45, 7) is 0. The minimum Gasteiger partial charge on any atom is -0.494 e. The Morgan fingerprint density at radius 1 is 1.17 bits per heavy atom. The van der Waals surface area contributed by atoms with Crippen molar-refractivity contribution in [2.45, 2.75) is 0 Å². The number of hydrogen-bond acceptors (Lipinski definition) is 3. The molecule has 0 saturated heterocycles. The molecule has 0 atom stereocenters. The van der Waals surface area contributed by atoms with E-state index in [1.807, 2.05) is 0 Å². The van der Waals surface area contributed by atoms with Crippen molar-refractivity contribution in [1.82, 2.24) is 4.57 Å². The maximum absolute atomic E-state index is 12.6. The van der Waals surface area contributed by atoms with Gasteiger partial charge in [0.25, 0.3) is 5.91 Å². The zero-order chi connectivity index (χ0) is 17.4. The number of aromatic hydroxyl groups is 1. The topological polar surface area (TPSA) is 97.3 Å². The molecule has 8 heteroatoms. The van der Waals surface area contributed by atoms with Crippen LogP contribution in [0.15, 0.2) is 46.9 Å². The van der Waals surface area contributed by atoms with Crippen molar-refractivity contribution in [2.75, 3.05) is 5.32 Å². The Morgan fingerprint density at radius 3 is 2.46 bits per heavy atom. The van der Waals surface area contributed by atoms with Crippen LogP contribution in [0.25, 0.3) is 10.9 Å². The number of nitrogens with two attached hydrogens (primary N) is 1. The van der Waals surface area contributed by atoms with Crippen LogP contribution in [0.3, 0.4) is 0 Å². The normalized spacial score (nSPS) is 10.8. The van der Waals surface area contributed by atoms with Crippen LogP contribution >= 0.6 is 27.5 Å². The van der Waals surface area contributed by atoms with E-state index in [9.17, 15) is 14.7 Å². The Bertz CT molecular complexity index is 967. The number of hydrogen-bond donors (Lipinski definition) is 3. The predicted molar refractivity (Wildman–Crippen MR) is 95.7 cm³/mol. The summed E-state index contributed by atoms with van der Waals surface area (Å²) in [6.07, 6.45) is 0. The van der Waals surface area contributed by atoms with Crippen molar-refractivity contribution in [3.8, 4) is 5.88 Å². The summed E-state index contributed by atoms with van der Waals surface area (Å²) in [5.41, 5.74) is 5.94. The highest BCUT2D eigenvalue weighted by molar-refractivity contribution is 9.10. The number of benzene rings is 2. The summed E-state index contributed by atoms with van der Waals surface area (Å²) >= 11 is 9.40. The van der Waals surface area contributed by atoms with E-state index in [1.54, 1.807) is 42.5 Å². The van der Waals surface area contributed by atoms with Gasteiger partial charge in [0, 0.05) is 15.5 Å². The van der Waals surface area contributed by atoms with Gasteiger partial charge in [0.15, 0.2) is 0 Å². The van der Waals surface area contributed by atoms with Gasteiger partial charge in [-0.3, -0.25) is 4.79 Å². The fourth-order valence-electron chi connectivity index (χ4n) is 2.45. The molecule has 6 nitrogen and oxygen atoms in total. The molecule has 0 spiro atoms. The molecule has 4 N–H and O–H groups in total. The molecule has 0 aliphatic heterocycles. The Kier molecular flexibility index (Phi) is 4.21. The Balaban J connectivity index is 2.14.